The quantitative estimate of drug-likeness (QED) is 0.671. The van der Waals surface area contributed by atoms with Gasteiger partial charge in [0, 0.05) is 11.8 Å². The summed E-state index contributed by atoms with van der Waals surface area (Å²) >= 11 is 1.08. The van der Waals surface area contributed by atoms with Gasteiger partial charge in [-0.05, 0) is 43.1 Å². The first kappa shape index (κ1) is 18.6. The monoisotopic (exact) mass is 387 g/mol. The van der Waals surface area contributed by atoms with Crippen molar-refractivity contribution in [2.24, 2.45) is 0 Å². The summed E-state index contributed by atoms with van der Waals surface area (Å²) in [5.41, 5.74) is 2.37. The van der Waals surface area contributed by atoms with E-state index in [2.05, 4.69) is 31.6 Å². The average Bonchev–Trinajstić information content (AvgIpc) is 2.99. The summed E-state index contributed by atoms with van der Waals surface area (Å²) in [6.07, 6.45) is 3.09. The Balaban J connectivity index is 1.82. The molecule has 2 N–H and O–H groups in total. The van der Waals surface area contributed by atoms with Crippen LogP contribution in [0.3, 0.4) is 0 Å². The van der Waals surface area contributed by atoms with Crippen LogP contribution in [0.4, 0.5) is 25.3 Å². The van der Waals surface area contributed by atoms with Crippen molar-refractivity contribution in [1.82, 2.24) is 14.3 Å². The van der Waals surface area contributed by atoms with Crippen molar-refractivity contribution in [3.05, 3.63) is 65.8 Å². The van der Waals surface area contributed by atoms with Crippen LogP contribution in [0.15, 0.2) is 37.2 Å². The molecule has 0 radical (unpaired) electrons. The van der Waals surface area contributed by atoms with E-state index in [4.69, 9.17) is 0 Å². The minimum Gasteiger partial charge on any atom is -0.329 e. The van der Waals surface area contributed by atoms with Crippen LogP contribution in [0, 0.1) is 18.6 Å². The van der Waals surface area contributed by atoms with Gasteiger partial charge in [-0.25, -0.2) is 13.8 Å². The highest BCUT2D eigenvalue weighted by Gasteiger charge is 2.20. The normalized spacial score (nSPS) is 10.5. The lowest BCUT2D eigenvalue weighted by atomic mass is 10.2. The maximum atomic E-state index is 13.3. The molecule has 0 bridgehead atoms. The number of anilines is 3. The van der Waals surface area contributed by atoms with Gasteiger partial charge in [-0.1, -0.05) is 6.58 Å². The van der Waals surface area contributed by atoms with E-state index in [1.165, 1.54) is 12.3 Å². The highest BCUT2D eigenvalue weighted by Crippen LogP contribution is 2.28. The van der Waals surface area contributed by atoms with Crippen molar-refractivity contribution < 1.29 is 13.6 Å². The first-order valence-electron chi connectivity index (χ1n) is 7.82. The molecule has 0 aliphatic rings. The minimum atomic E-state index is -1.04. The SMILES string of the molecule is C=C(C)c1cnc(Nc2snc(C)c2C(=O)Nc2ccc(F)c(F)c2)cn1. The van der Waals surface area contributed by atoms with Gasteiger partial charge >= 0.3 is 0 Å². The Labute approximate surface area is 158 Å². The largest absolute Gasteiger partial charge is 0.329 e. The van der Waals surface area contributed by atoms with Crippen LogP contribution in [0.25, 0.3) is 5.57 Å². The van der Waals surface area contributed by atoms with E-state index >= 15 is 0 Å². The zero-order valence-corrected chi connectivity index (χ0v) is 15.3. The molecule has 0 fully saturated rings. The Kier molecular flexibility index (Phi) is 5.22. The Morgan fingerprint density at radius 1 is 1.19 bits per heavy atom. The number of rotatable bonds is 5. The van der Waals surface area contributed by atoms with Crippen molar-refractivity contribution in [2.75, 3.05) is 10.6 Å². The van der Waals surface area contributed by atoms with Gasteiger partial charge < -0.3 is 10.6 Å². The first-order valence-corrected chi connectivity index (χ1v) is 8.60. The molecular weight excluding hydrogens is 372 g/mol. The van der Waals surface area contributed by atoms with Crippen LogP contribution in [0.5, 0.6) is 0 Å². The van der Waals surface area contributed by atoms with Gasteiger partial charge in [0.15, 0.2) is 11.6 Å². The Hall–Kier alpha value is -3.20. The predicted molar refractivity (Wildman–Crippen MR) is 101 cm³/mol. The van der Waals surface area contributed by atoms with Crippen LogP contribution < -0.4 is 10.6 Å². The number of halogens is 2. The smallest absolute Gasteiger partial charge is 0.260 e. The lowest BCUT2D eigenvalue weighted by molar-refractivity contribution is 0.102. The van der Waals surface area contributed by atoms with E-state index in [1.807, 2.05) is 6.92 Å². The molecule has 0 aliphatic carbocycles. The number of hydrogen-bond donors (Lipinski definition) is 2. The highest BCUT2D eigenvalue weighted by molar-refractivity contribution is 7.10. The third-order valence-corrected chi connectivity index (χ3v) is 4.45. The maximum Gasteiger partial charge on any atom is 0.260 e. The average molecular weight is 387 g/mol. The number of aryl methyl sites for hydroxylation is 1. The summed E-state index contributed by atoms with van der Waals surface area (Å²) in [7, 11) is 0. The Bertz CT molecular complexity index is 1020. The third kappa shape index (κ3) is 4.14. The Morgan fingerprint density at radius 2 is 1.96 bits per heavy atom. The number of nitrogens with zero attached hydrogens (tertiary/aromatic N) is 3. The molecule has 0 saturated carbocycles. The van der Waals surface area contributed by atoms with Gasteiger partial charge in [-0.2, -0.15) is 4.37 Å². The summed E-state index contributed by atoms with van der Waals surface area (Å²) in [6.45, 7) is 7.30. The number of nitrogens with one attached hydrogen (secondary N) is 2. The van der Waals surface area contributed by atoms with E-state index in [9.17, 15) is 13.6 Å². The standard InChI is InChI=1S/C18H15F2N5OS/c1-9(2)14-7-22-15(8-21-14)24-18-16(10(3)25-27-18)17(26)23-11-4-5-12(19)13(20)6-11/h4-8H,1H2,2-3H3,(H,22,24)(H,23,26). The molecule has 1 amide bonds. The number of carbonyl (C=O) groups excluding carboxylic acids is 1. The number of allylic oxidation sites excluding steroid dienone is 1. The second-order valence-corrected chi connectivity index (χ2v) is 6.52. The summed E-state index contributed by atoms with van der Waals surface area (Å²) in [5.74, 6) is -2.09. The lowest BCUT2D eigenvalue weighted by Gasteiger charge is -2.08. The molecule has 0 unspecified atom stereocenters. The zero-order valence-electron chi connectivity index (χ0n) is 14.5. The van der Waals surface area contributed by atoms with Crippen molar-refractivity contribution in [2.45, 2.75) is 13.8 Å². The molecule has 1 aromatic carbocycles. The second kappa shape index (κ2) is 7.58. The summed E-state index contributed by atoms with van der Waals surface area (Å²) in [5, 5.41) is 6.00. The van der Waals surface area contributed by atoms with Gasteiger partial charge in [0.05, 0.1) is 29.3 Å². The molecule has 138 valence electrons. The topological polar surface area (TPSA) is 79.8 Å². The molecule has 9 heteroatoms. The van der Waals surface area contributed by atoms with Crippen LogP contribution in [0.1, 0.15) is 28.7 Å². The molecule has 3 rings (SSSR count). The highest BCUT2D eigenvalue weighted by atomic mass is 32.1. The molecule has 3 aromatic rings. The van der Waals surface area contributed by atoms with E-state index in [-0.39, 0.29) is 11.3 Å². The zero-order chi connectivity index (χ0) is 19.6. The van der Waals surface area contributed by atoms with Gasteiger partial charge in [-0.15, -0.1) is 0 Å². The number of hydrogen-bond acceptors (Lipinski definition) is 6. The van der Waals surface area contributed by atoms with Crippen LogP contribution in [-0.4, -0.2) is 20.2 Å². The first-order chi connectivity index (χ1) is 12.8. The fraction of sp³-hybridized carbons (Fsp3) is 0.111. The van der Waals surface area contributed by atoms with E-state index in [1.54, 1.807) is 13.1 Å². The number of carbonyl (C=O) groups is 1. The molecule has 2 heterocycles. The van der Waals surface area contributed by atoms with Crippen LogP contribution in [-0.2, 0) is 0 Å². The summed E-state index contributed by atoms with van der Waals surface area (Å²) < 4.78 is 30.5. The van der Waals surface area contributed by atoms with Crippen LogP contribution in [0.2, 0.25) is 0 Å². The Morgan fingerprint density at radius 3 is 2.59 bits per heavy atom. The van der Waals surface area contributed by atoms with Gasteiger partial charge in [0.25, 0.3) is 5.91 Å². The van der Waals surface area contributed by atoms with Gasteiger partial charge in [0.1, 0.15) is 10.8 Å². The van der Waals surface area contributed by atoms with Crippen molar-refractivity contribution >= 4 is 39.5 Å². The van der Waals surface area contributed by atoms with Gasteiger partial charge in [0.2, 0.25) is 0 Å². The van der Waals surface area contributed by atoms with Crippen molar-refractivity contribution in [1.29, 1.82) is 0 Å². The summed E-state index contributed by atoms with van der Waals surface area (Å²) in [6, 6.07) is 3.14. The number of aromatic nitrogens is 3. The third-order valence-electron chi connectivity index (χ3n) is 3.60. The molecular formula is C18H15F2N5OS. The second-order valence-electron chi connectivity index (χ2n) is 5.75. The molecule has 0 spiro atoms. The molecule has 0 aliphatic heterocycles. The van der Waals surface area contributed by atoms with Crippen LogP contribution >= 0.6 is 11.5 Å². The van der Waals surface area contributed by atoms with Crippen molar-refractivity contribution in [3.8, 4) is 0 Å². The molecule has 0 atom stereocenters. The molecule has 0 saturated heterocycles. The fourth-order valence-electron chi connectivity index (χ4n) is 2.22. The van der Waals surface area contributed by atoms with E-state index in [0.29, 0.717) is 22.2 Å². The van der Waals surface area contributed by atoms with E-state index in [0.717, 1.165) is 29.2 Å². The number of amides is 1. The summed E-state index contributed by atoms with van der Waals surface area (Å²) in [4.78, 5) is 21.1. The van der Waals surface area contributed by atoms with E-state index < -0.39 is 17.5 Å². The molecule has 2 aromatic heterocycles. The molecule has 27 heavy (non-hydrogen) atoms. The minimum absolute atomic E-state index is 0.140. The number of benzene rings is 1. The molecule has 6 nitrogen and oxygen atoms in total. The fourth-order valence-corrected chi connectivity index (χ4v) is 3.02. The lowest BCUT2D eigenvalue weighted by Crippen LogP contribution is -2.14. The maximum absolute atomic E-state index is 13.3. The predicted octanol–water partition coefficient (Wildman–Crippen LogP) is 4.55. The van der Waals surface area contributed by atoms with Crippen molar-refractivity contribution in [3.63, 3.8) is 0 Å². The van der Waals surface area contributed by atoms with Gasteiger partial charge in [-0.3, -0.25) is 9.78 Å².